The van der Waals surface area contributed by atoms with E-state index in [1.165, 1.54) is 0 Å². The number of nitrogens with zero attached hydrogens (tertiary/aromatic N) is 3. The van der Waals surface area contributed by atoms with Gasteiger partial charge in [-0.1, -0.05) is 0 Å². The van der Waals surface area contributed by atoms with Gasteiger partial charge < -0.3 is 14.7 Å². The molecule has 0 radical (unpaired) electrons. The Hall–Kier alpha value is -1.20. The summed E-state index contributed by atoms with van der Waals surface area (Å²) in [5.41, 5.74) is 0.994. The zero-order chi connectivity index (χ0) is 12.1. The molecule has 0 bridgehead atoms. The number of ether oxygens (including phenoxy) is 1. The van der Waals surface area contributed by atoms with Gasteiger partial charge in [0.25, 0.3) is 0 Å². The molecule has 0 atom stereocenters. The second-order valence-electron chi connectivity index (χ2n) is 4.28. The van der Waals surface area contributed by atoms with Crippen LogP contribution in [0.4, 0.5) is 5.95 Å². The molecule has 17 heavy (non-hydrogen) atoms. The number of hydrogen-bond acceptors (Lipinski definition) is 5. The van der Waals surface area contributed by atoms with Crippen molar-refractivity contribution in [1.82, 2.24) is 9.97 Å². The highest BCUT2D eigenvalue weighted by Crippen LogP contribution is 2.17. The first-order chi connectivity index (χ1) is 8.29. The normalized spacial score (nSPS) is 17.4. The molecule has 0 saturated carbocycles. The summed E-state index contributed by atoms with van der Waals surface area (Å²) in [5.74, 6) is 0.811. The Balaban J connectivity index is 1.86. The fraction of sp³-hybridized carbons (Fsp3) is 0.667. The van der Waals surface area contributed by atoms with Crippen LogP contribution in [0.5, 0.6) is 0 Å². The van der Waals surface area contributed by atoms with E-state index in [4.69, 9.17) is 9.84 Å². The van der Waals surface area contributed by atoms with E-state index in [-0.39, 0.29) is 12.7 Å². The molecule has 1 aliphatic rings. The summed E-state index contributed by atoms with van der Waals surface area (Å²) in [6, 6.07) is 1.90. The van der Waals surface area contributed by atoms with Crippen LogP contribution in [0.15, 0.2) is 12.3 Å². The first kappa shape index (κ1) is 12.3. The molecule has 0 spiro atoms. The Morgan fingerprint density at radius 3 is 2.88 bits per heavy atom. The minimum atomic E-state index is 0.0984. The van der Waals surface area contributed by atoms with Gasteiger partial charge in [0.1, 0.15) is 0 Å². The molecule has 94 valence electrons. The summed E-state index contributed by atoms with van der Waals surface area (Å²) >= 11 is 0. The van der Waals surface area contributed by atoms with E-state index in [0.717, 1.165) is 37.6 Å². The third kappa shape index (κ3) is 3.38. The summed E-state index contributed by atoms with van der Waals surface area (Å²) in [7, 11) is 0. The Morgan fingerprint density at radius 2 is 2.24 bits per heavy atom. The van der Waals surface area contributed by atoms with Crippen molar-refractivity contribution in [1.29, 1.82) is 0 Å². The molecule has 0 amide bonds. The van der Waals surface area contributed by atoms with Gasteiger partial charge in [-0.2, -0.15) is 0 Å². The summed E-state index contributed by atoms with van der Waals surface area (Å²) in [6.45, 7) is 4.34. The van der Waals surface area contributed by atoms with Crippen molar-refractivity contribution in [2.45, 2.75) is 25.9 Å². The summed E-state index contributed by atoms with van der Waals surface area (Å²) in [6.07, 6.45) is 4.00. The molecular formula is C12H19N3O2. The molecule has 5 nitrogen and oxygen atoms in total. The van der Waals surface area contributed by atoms with Crippen LogP contribution in [-0.2, 0) is 4.74 Å². The molecule has 1 aromatic heterocycles. The van der Waals surface area contributed by atoms with Crippen molar-refractivity contribution in [2.24, 2.45) is 0 Å². The topological polar surface area (TPSA) is 58.5 Å². The van der Waals surface area contributed by atoms with Crippen LogP contribution in [0, 0.1) is 6.92 Å². The van der Waals surface area contributed by atoms with E-state index in [2.05, 4.69) is 14.9 Å². The molecular weight excluding hydrogens is 218 g/mol. The Morgan fingerprint density at radius 1 is 1.47 bits per heavy atom. The molecule has 2 heterocycles. The lowest BCUT2D eigenvalue weighted by molar-refractivity contribution is 0.0157. The largest absolute Gasteiger partial charge is 0.394 e. The Bertz CT molecular complexity index is 351. The van der Waals surface area contributed by atoms with Crippen molar-refractivity contribution in [3.05, 3.63) is 18.0 Å². The predicted molar refractivity (Wildman–Crippen MR) is 65.0 cm³/mol. The van der Waals surface area contributed by atoms with E-state index in [1.807, 2.05) is 13.0 Å². The van der Waals surface area contributed by atoms with E-state index >= 15 is 0 Å². The fourth-order valence-corrected chi connectivity index (χ4v) is 2.03. The highest BCUT2D eigenvalue weighted by molar-refractivity contribution is 5.30. The van der Waals surface area contributed by atoms with Crippen molar-refractivity contribution >= 4 is 5.95 Å². The summed E-state index contributed by atoms with van der Waals surface area (Å²) in [4.78, 5) is 10.9. The molecule has 1 saturated heterocycles. The Kier molecular flexibility index (Phi) is 4.28. The van der Waals surface area contributed by atoms with E-state index in [1.54, 1.807) is 6.20 Å². The van der Waals surface area contributed by atoms with Crippen molar-refractivity contribution in [3.8, 4) is 0 Å². The minimum Gasteiger partial charge on any atom is -0.394 e. The molecule has 1 aliphatic heterocycles. The maximum absolute atomic E-state index is 8.70. The zero-order valence-electron chi connectivity index (χ0n) is 10.2. The number of anilines is 1. The number of piperidine rings is 1. The standard InChI is InChI=1S/C12H19N3O2/c1-10-2-5-13-12(14-10)15-6-3-11(4-7-15)17-9-8-16/h2,5,11,16H,3-4,6-9H2,1H3. The molecule has 0 unspecified atom stereocenters. The molecule has 1 fully saturated rings. The Labute approximate surface area is 101 Å². The summed E-state index contributed by atoms with van der Waals surface area (Å²) in [5, 5.41) is 8.70. The monoisotopic (exact) mass is 237 g/mol. The maximum Gasteiger partial charge on any atom is 0.225 e. The van der Waals surface area contributed by atoms with Crippen LogP contribution in [-0.4, -0.2) is 47.5 Å². The van der Waals surface area contributed by atoms with Gasteiger partial charge >= 0.3 is 0 Å². The van der Waals surface area contributed by atoms with Gasteiger partial charge in [0, 0.05) is 25.0 Å². The number of aliphatic hydroxyl groups excluding tert-OH is 1. The second kappa shape index (κ2) is 5.93. The molecule has 0 aliphatic carbocycles. The summed E-state index contributed by atoms with van der Waals surface area (Å²) < 4.78 is 5.52. The molecule has 5 heteroatoms. The zero-order valence-corrected chi connectivity index (χ0v) is 10.2. The highest BCUT2D eigenvalue weighted by atomic mass is 16.5. The number of aryl methyl sites for hydroxylation is 1. The van der Waals surface area contributed by atoms with Crippen molar-refractivity contribution in [3.63, 3.8) is 0 Å². The van der Waals surface area contributed by atoms with E-state index < -0.39 is 0 Å². The van der Waals surface area contributed by atoms with Gasteiger partial charge in [-0.15, -0.1) is 0 Å². The van der Waals surface area contributed by atoms with E-state index in [9.17, 15) is 0 Å². The van der Waals surface area contributed by atoms with Gasteiger partial charge in [0.2, 0.25) is 5.95 Å². The number of aromatic nitrogens is 2. The van der Waals surface area contributed by atoms with E-state index in [0.29, 0.717) is 6.61 Å². The molecule has 2 rings (SSSR count). The van der Waals surface area contributed by atoms with Gasteiger partial charge in [-0.05, 0) is 25.8 Å². The van der Waals surface area contributed by atoms with Gasteiger partial charge in [-0.3, -0.25) is 0 Å². The lowest BCUT2D eigenvalue weighted by Crippen LogP contribution is -2.38. The average molecular weight is 237 g/mol. The number of hydrogen-bond donors (Lipinski definition) is 1. The van der Waals surface area contributed by atoms with Gasteiger partial charge in [0.05, 0.1) is 19.3 Å². The van der Waals surface area contributed by atoms with Crippen LogP contribution < -0.4 is 4.90 Å². The molecule has 1 aromatic rings. The van der Waals surface area contributed by atoms with Crippen LogP contribution in [0.25, 0.3) is 0 Å². The molecule has 1 N–H and O–H groups in total. The van der Waals surface area contributed by atoms with Gasteiger partial charge in [0.15, 0.2) is 0 Å². The lowest BCUT2D eigenvalue weighted by atomic mass is 10.1. The second-order valence-corrected chi connectivity index (χ2v) is 4.28. The fourth-order valence-electron chi connectivity index (χ4n) is 2.03. The highest BCUT2D eigenvalue weighted by Gasteiger charge is 2.21. The van der Waals surface area contributed by atoms with Crippen molar-refractivity contribution in [2.75, 3.05) is 31.2 Å². The minimum absolute atomic E-state index is 0.0984. The number of rotatable bonds is 4. The van der Waals surface area contributed by atoms with Crippen LogP contribution in [0.3, 0.4) is 0 Å². The van der Waals surface area contributed by atoms with Crippen LogP contribution >= 0.6 is 0 Å². The average Bonchev–Trinajstić information content (AvgIpc) is 2.37. The molecule has 0 aromatic carbocycles. The van der Waals surface area contributed by atoms with Crippen LogP contribution in [0.1, 0.15) is 18.5 Å². The third-order valence-electron chi connectivity index (χ3n) is 2.95. The quantitative estimate of drug-likeness (QED) is 0.838. The predicted octanol–water partition coefficient (Wildman–Crippen LogP) is 0.763. The first-order valence-corrected chi connectivity index (χ1v) is 6.06. The van der Waals surface area contributed by atoms with Crippen molar-refractivity contribution < 1.29 is 9.84 Å². The SMILES string of the molecule is Cc1ccnc(N2CCC(OCCO)CC2)n1. The number of aliphatic hydroxyl groups is 1. The first-order valence-electron chi connectivity index (χ1n) is 6.06. The maximum atomic E-state index is 8.70. The smallest absolute Gasteiger partial charge is 0.225 e. The third-order valence-corrected chi connectivity index (χ3v) is 2.95. The van der Waals surface area contributed by atoms with Gasteiger partial charge in [-0.25, -0.2) is 9.97 Å². The lowest BCUT2D eigenvalue weighted by Gasteiger charge is -2.31. The van der Waals surface area contributed by atoms with Crippen LogP contribution in [0.2, 0.25) is 0 Å².